The van der Waals surface area contributed by atoms with Crippen LogP contribution in [0.15, 0.2) is 109 Å². The fraction of sp³-hybridized carbons (Fsp3) is 0.667. The van der Waals surface area contributed by atoms with Gasteiger partial charge in [0.2, 0.25) is 0 Å². The molecule has 1 atom stereocenters. The first-order valence-electron chi connectivity index (χ1n) is 28.4. The molecule has 0 bridgehead atoms. The molecule has 6 nitrogen and oxygen atoms in total. The summed E-state index contributed by atoms with van der Waals surface area (Å²) in [4.78, 5) is 38.1. The minimum absolute atomic E-state index is 0.108. The van der Waals surface area contributed by atoms with Crippen molar-refractivity contribution in [2.75, 3.05) is 13.2 Å². The summed E-state index contributed by atoms with van der Waals surface area (Å²) in [6.45, 7) is 6.41. The Hall–Kier alpha value is -3.93. The lowest BCUT2D eigenvalue weighted by Gasteiger charge is -2.18. The van der Waals surface area contributed by atoms with Gasteiger partial charge in [-0.05, 0) is 109 Å². The third kappa shape index (κ3) is 54.9. The molecule has 0 N–H and O–H groups in total. The Balaban J connectivity index is 4.49. The lowest BCUT2D eigenvalue weighted by molar-refractivity contribution is -0.167. The SMILES string of the molecule is CC/C=C\C/C=C\C/C=C\C/C=C\C/C=C\CCCC(=O)OC(COC(=O)CCCCCCCC/C=C\C=C/CCCCC)COC(=O)CCCCCCCCCCCC/C=C\C=C/CCCCC. The highest BCUT2D eigenvalue weighted by Crippen LogP contribution is 2.14. The average molecular weight is 958 g/mol. The summed E-state index contributed by atoms with van der Waals surface area (Å²) in [5.41, 5.74) is 0. The number of esters is 3. The van der Waals surface area contributed by atoms with E-state index < -0.39 is 6.10 Å². The maximum Gasteiger partial charge on any atom is 0.306 e. The average Bonchev–Trinajstić information content (AvgIpc) is 3.35. The van der Waals surface area contributed by atoms with E-state index in [1.807, 2.05) is 0 Å². The molecule has 392 valence electrons. The Bertz CT molecular complexity index is 1420. The number of hydrogen-bond donors (Lipinski definition) is 0. The molecule has 0 aliphatic heterocycles. The van der Waals surface area contributed by atoms with E-state index in [1.54, 1.807) is 0 Å². The van der Waals surface area contributed by atoms with Crippen molar-refractivity contribution in [1.29, 1.82) is 0 Å². The number of carbonyl (C=O) groups is 3. The van der Waals surface area contributed by atoms with E-state index >= 15 is 0 Å². The molecular formula is C63H104O6. The predicted octanol–water partition coefficient (Wildman–Crippen LogP) is 19.1. The zero-order chi connectivity index (χ0) is 50.0. The maximum absolute atomic E-state index is 12.8. The van der Waals surface area contributed by atoms with Crippen LogP contribution in [0.5, 0.6) is 0 Å². The number of allylic oxidation sites excluding steroid dienone is 18. The van der Waals surface area contributed by atoms with Gasteiger partial charge in [0.25, 0.3) is 0 Å². The van der Waals surface area contributed by atoms with E-state index in [4.69, 9.17) is 14.2 Å². The first-order chi connectivity index (χ1) is 34.0. The van der Waals surface area contributed by atoms with Gasteiger partial charge in [-0.1, -0.05) is 233 Å². The summed E-state index contributed by atoms with van der Waals surface area (Å²) in [5, 5.41) is 0. The van der Waals surface area contributed by atoms with Gasteiger partial charge >= 0.3 is 17.9 Å². The van der Waals surface area contributed by atoms with Crippen LogP contribution in [-0.4, -0.2) is 37.2 Å². The molecule has 0 spiro atoms. The molecule has 0 radical (unpaired) electrons. The smallest absolute Gasteiger partial charge is 0.306 e. The van der Waals surface area contributed by atoms with Gasteiger partial charge in [-0.3, -0.25) is 14.4 Å². The van der Waals surface area contributed by atoms with Gasteiger partial charge in [0.05, 0.1) is 0 Å². The number of hydrogen-bond acceptors (Lipinski definition) is 6. The first kappa shape index (κ1) is 65.1. The van der Waals surface area contributed by atoms with Gasteiger partial charge in [0.1, 0.15) is 13.2 Å². The molecule has 0 aromatic heterocycles. The molecule has 0 saturated carbocycles. The highest BCUT2D eigenvalue weighted by atomic mass is 16.6. The van der Waals surface area contributed by atoms with Crippen LogP contribution in [0.1, 0.15) is 252 Å². The summed E-state index contributed by atoms with van der Waals surface area (Å²) >= 11 is 0. The second kappa shape index (κ2) is 56.7. The lowest BCUT2D eigenvalue weighted by atomic mass is 10.1. The third-order valence-corrected chi connectivity index (χ3v) is 11.8. The van der Waals surface area contributed by atoms with Crippen molar-refractivity contribution in [2.45, 2.75) is 258 Å². The molecule has 0 saturated heterocycles. The zero-order valence-electron chi connectivity index (χ0n) is 44.8. The van der Waals surface area contributed by atoms with E-state index in [1.165, 1.54) is 116 Å². The van der Waals surface area contributed by atoms with Crippen LogP contribution in [0, 0.1) is 0 Å². The highest BCUT2D eigenvalue weighted by molar-refractivity contribution is 5.71. The molecule has 0 aromatic carbocycles. The van der Waals surface area contributed by atoms with Crippen molar-refractivity contribution in [3.8, 4) is 0 Å². The number of carbonyl (C=O) groups excluding carboxylic acids is 3. The third-order valence-electron chi connectivity index (χ3n) is 11.8. The molecule has 0 rings (SSSR count). The predicted molar refractivity (Wildman–Crippen MR) is 297 cm³/mol. The second-order valence-corrected chi connectivity index (χ2v) is 18.5. The van der Waals surface area contributed by atoms with Gasteiger partial charge < -0.3 is 14.2 Å². The van der Waals surface area contributed by atoms with Gasteiger partial charge in [-0.2, -0.15) is 0 Å². The summed E-state index contributed by atoms with van der Waals surface area (Å²) in [5.74, 6) is -0.982. The van der Waals surface area contributed by atoms with Crippen molar-refractivity contribution in [2.24, 2.45) is 0 Å². The van der Waals surface area contributed by atoms with Crippen LogP contribution in [0.4, 0.5) is 0 Å². The van der Waals surface area contributed by atoms with Gasteiger partial charge in [-0.25, -0.2) is 0 Å². The molecule has 0 fully saturated rings. The Morgan fingerprint density at radius 3 is 1.00 bits per heavy atom. The van der Waals surface area contributed by atoms with Crippen LogP contribution < -0.4 is 0 Å². The molecule has 0 aliphatic carbocycles. The second-order valence-electron chi connectivity index (χ2n) is 18.5. The van der Waals surface area contributed by atoms with Crippen molar-refractivity contribution in [3.05, 3.63) is 109 Å². The minimum atomic E-state index is -0.816. The Morgan fingerprint density at radius 1 is 0.319 bits per heavy atom. The molecular weight excluding hydrogens is 853 g/mol. The van der Waals surface area contributed by atoms with Gasteiger partial charge in [-0.15, -0.1) is 0 Å². The van der Waals surface area contributed by atoms with Crippen molar-refractivity contribution < 1.29 is 28.6 Å². The standard InChI is InChI=1S/C63H104O6/c1-4-7-10-13-16-19-22-25-28-30-31-33-35-38-41-44-47-50-53-56-62(65)68-59-60(58-67-61(64)55-52-49-46-43-40-37-34-27-24-21-18-15-12-9-6-3)69-63(66)57-54-51-48-45-42-39-36-32-29-26-23-20-17-14-11-8-5-2/h8,11,16-22,24-27,29,36,39,45,48,60H,4-7,9-10,12-15,23,28,30-35,37-38,40-44,46-47,49-59H2,1-3H3/b11-8-,19-16-,20-17-,21-18-,25-22-,27-24-,29-26-,39-36-,48-45-. The Kier molecular flexibility index (Phi) is 53.4. The van der Waals surface area contributed by atoms with Crippen LogP contribution >= 0.6 is 0 Å². The monoisotopic (exact) mass is 957 g/mol. The summed E-state index contributed by atoms with van der Waals surface area (Å²) in [6, 6.07) is 0. The van der Waals surface area contributed by atoms with E-state index in [9.17, 15) is 14.4 Å². The van der Waals surface area contributed by atoms with E-state index in [0.29, 0.717) is 19.3 Å². The summed E-state index contributed by atoms with van der Waals surface area (Å²) in [7, 11) is 0. The molecule has 0 amide bonds. The number of rotatable bonds is 50. The van der Waals surface area contributed by atoms with E-state index in [0.717, 1.165) is 89.9 Å². The number of unbranched alkanes of at least 4 members (excludes halogenated alkanes) is 23. The topological polar surface area (TPSA) is 78.9 Å². The van der Waals surface area contributed by atoms with Gasteiger partial charge in [0.15, 0.2) is 6.10 Å². The van der Waals surface area contributed by atoms with Crippen molar-refractivity contribution >= 4 is 17.9 Å². The van der Waals surface area contributed by atoms with Crippen LogP contribution in [-0.2, 0) is 28.6 Å². The summed E-state index contributed by atoms with van der Waals surface area (Å²) in [6.07, 6.45) is 76.5. The fourth-order valence-electron chi connectivity index (χ4n) is 7.52. The minimum Gasteiger partial charge on any atom is -0.462 e. The van der Waals surface area contributed by atoms with E-state index in [2.05, 4.69) is 130 Å². The quantitative estimate of drug-likeness (QED) is 0.0199. The molecule has 0 aromatic rings. The van der Waals surface area contributed by atoms with Crippen molar-refractivity contribution in [1.82, 2.24) is 0 Å². The molecule has 1 unspecified atom stereocenters. The fourth-order valence-corrected chi connectivity index (χ4v) is 7.52. The first-order valence-corrected chi connectivity index (χ1v) is 28.4. The van der Waals surface area contributed by atoms with E-state index in [-0.39, 0.29) is 37.5 Å². The molecule has 0 heterocycles. The largest absolute Gasteiger partial charge is 0.462 e. The maximum atomic E-state index is 12.8. The zero-order valence-corrected chi connectivity index (χ0v) is 44.8. The van der Waals surface area contributed by atoms with Crippen LogP contribution in [0.3, 0.4) is 0 Å². The molecule has 69 heavy (non-hydrogen) atoms. The molecule has 6 heteroatoms. The van der Waals surface area contributed by atoms with Crippen LogP contribution in [0.2, 0.25) is 0 Å². The number of ether oxygens (including phenoxy) is 3. The van der Waals surface area contributed by atoms with Gasteiger partial charge in [0, 0.05) is 19.3 Å². The molecule has 0 aliphatic rings. The Morgan fingerprint density at radius 2 is 0.623 bits per heavy atom. The Labute approximate surface area is 425 Å². The summed E-state index contributed by atoms with van der Waals surface area (Å²) < 4.78 is 16.8. The lowest BCUT2D eigenvalue weighted by Crippen LogP contribution is -2.30. The normalized spacial score (nSPS) is 12.9. The highest BCUT2D eigenvalue weighted by Gasteiger charge is 2.19. The van der Waals surface area contributed by atoms with Crippen LogP contribution in [0.25, 0.3) is 0 Å². The van der Waals surface area contributed by atoms with Crippen molar-refractivity contribution in [3.63, 3.8) is 0 Å².